The van der Waals surface area contributed by atoms with Crippen molar-refractivity contribution in [2.24, 2.45) is 0 Å². The summed E-state index contributed by atoms with van der Waals surface area (Å²) < 4.78 is 197. The highest BCUT2D eigenvalue weighted by molar-refractivity contribution is 6.00. The van der Waals surface area contributed by atoms with Crippen molar-refractivity contribution in [1.82, 2.24) is 19.9 Å². The maximum atomic E-state index is 15.3. The van der Waals surface area contributed by atoms with Crippen molar-refractivity contribution < 1.29 is 169 Å². The van der Waals surface area contributed by atoms with E-state index in [2.05, 4.69) is 9.97 Å². The van der Waals surface area contributed by atoms with Crippen LogP contribution in [-0.2, 0) is 141 Å². The van der Waals surface area contributed by atoms with E-state index in [1.54, 1.807) is 42.5 Å². The number of nitrogens with one attached hydrogen (secondary N) is 2. The van der Waals surface area contributed by atoms with E-state index in [0.717, 1.165) is 83.1 Å². The highest BCUT2D eigenvalue weighted by Crippen LogP contribution is 2.46. The van der Waals surface area contributed by atoms with Gasteiger partial charge in [-0.25, -0.2) is 9.97 Å². The maximum Gasteiger partial charge on any atom is 0.416 e. The first-order valence-electron chi connectivity index (χ1n) is 39.2. The number of aromatic amines is 2. The van der Waals surface area contributed by atoms with Crippen LogP contribution >= 0.6 is 0 Å². The molecule has 8 bridgehead atoms. The van der Waals surface area contributed by atoms with E-state index in [1.165, 1.54) is 78.9 Å². The average Bonchev–Trinajstić information content (AvgIpc) is 1.64. The molecule has 128 heavy (non-hydrogen) atoms. The minimum absolute atomic E-state index is 0.0400. The number of hydrogen-bond donors (Lipinski definition) is 2. The van der Waals surface area contributed by atoms with E-state index in [4.69, 9.17) is 95.2 Å². The molecule has 0 amide bonds. The summed E-state index contributed by atoms with van der Waals surface area (Å²) in [4.78, 5) is 170. The number of nitrogens with zero attached hydrogens (tertiary/aromatic N) is 2. The van der Waals surface area contributed by atoms with Crippen LogP contribution < -0.4 is 14.2 Å². The topological polar surface area (TPSA) is 428 Å². The third-order valence-electron chi connectivity index (χ3n) is 19.6. The van der Waals surface area contributed by atoms with Crippen molar-refractivity contribution >= 4 is 118 Å². The normalized spacial score (nSPS) is 22.4. The zero-order valence-corrected chi connectivity index (χ0v) is 70.0. The summed E-state index contributed by atoms with van der Waals surface area (Å²) in [6.07, 6.45) is -29.9. The van der Waals surface area contributed by atoms with Gasteiger partial charge in [-0.3, -0.25) is 57.5 Å². The van der Waals surface area contributed by atoms with E-state index < -0.39 is 213 Å². The lowest BCUT2D eigenvalue weighted by molar-refractivity contribution is -0.288. The lowest BCUT2D eigenvalue weighted by atomic mass is 9.98. The van der Waals surface area contributed by atoms with Gasteiger partial charge in [-0.15, -0.1) is 0 Å². The number of benzene rings is 4. The predicted octanol–water partition coefficient (Wildman–Crippen LogP) is 11.7. The standard InChI is InChI=1S/C88H82F6N4O30/c1-39(99)111-36-68-75(114-42(4)102)78(117-45(7)105)81(120-48(10)108)84(126-68)123-57-19-13-16-51(32-57)71-60-22-24-62(95-60)72(52-17-14-20-58(33-52)124-85-82(121-49(11)109)79(118-46(8)106)76(115-43(5)103)69(127-85)37-112-40(2)100)64-26-28-66(97-64)74(54-30-55(87(89,90)91)35-56(31-54)88(92,93)94)67-29-27-65(98-67)73(63-25-23-61(71)96-63)53-18-15-21-59(34-53)125-86-83(122-50(12)110)80(119-47(9)107)77(116-44(6)104)70(128-86)38-113-41(3)101/h13-35,68-70,75-86,95,98H,36-38H2,1-12H3/t68?,69?,70?,75-,76-,77-,78?,79?,80?,81-,82-,83-,84+,85+,86+/m1/s1. The number of alkyl halides is 6. The first-order chi connectivity index (χ1) is 60.5. The van der Waals surface area contributed by atoms with Gasteiger partial charge < -0.3 is 95.2 Å². The Kier molecular flexibility index (Phi) is 28.6. The number of rotatable bonds is 25. The zero-order valence-electron chi connectivity index (χ0n) is 70.0. The summed E-state index contributed by atoms with van der Waals surface area (Å²) in [5.74, 6) is -11.3. The summed E-state index contributed by atoms with van der Waals surface area (Å²) in [5, 5.41) is 0. The van der Waals surface area contributed by atoms with Gasteiger partial charge in [-0.1, -0.05) is 36.4 Å². The second-order valence-electron chi connectivity index (χ2n) is 29.4. The monoisotopic (exact) mass is 1790 g/mol. The molecule has 676 valence electrons. The number of ether oxygens (including phenoxy) is 18. The largest absolute Gasteiger partial charge is 0.463 e. The van der Waals surface area contributed by atoms with Gasteiger partial charge in [0.25, 0.3) is 0 Å². The highest BCUT2D eigenvalue weighted by Gasteiger charge is 2.57. The Morgan fingerprint density at radius 3 is 0.766 bits per heavy atom. The minimum atomic E-state index is -5.40. The Bertz CT molecular complexity index is 5590. The van der Waals surface area contributed by atoms with E-state index >= 15 is 26.3 Å². The van der Waals surface area contributed by atoms with Gasteiger partial charge >= 0.3 is 84.0 Å². The summed E-state index contributed by atoms with van der Waals surface area (Å²) in [6, 6.07) is 24.8. The van der Waals surface area contributed by atoms with Gasteiger partial charge in [-0.05, 0) is 125 Å². The molecule has 0 aliphatic carbocycles. The number of hydrogen-bond acceptors (Lipinski definition) is 32. The van der Waals surface area contributed by atoms with Crippen LogP contribution in [0.1, 0.15) is 117 Å². The Hall–Kier alpha value is -14.0. The first-order valence-corrected chi connectivity index (χ1v) is 39.2. The van der Waals surface area contributed by atoms with E-state index in [-0.39, 0.29) is 107 Å². The molecular weight excluding hydrogens is 1710 g/mol. The number of H-pyrrole nitrogens is 2. The average molecular weight is 1790 g/mol. The summed E-state index contributed by atoms with van der Waals surface area (Å²) in [6.45, 7) is 10.5. The highest BCUT2D eigenvalue weighted by atomic mass is 19.4. The Morgan fingerprint density at radius 1 is 0.297 bits per heavy atom. The maximum absolute atomic E-state index is 15.3. The molecule has 3 aromatic heterocycles. The van der Waals surface area contributed by atoms with Crippen molar-refractivity contribution in [2.75, 3.05) is 19.8 Å². The number of carbonyl (C=O) groups is 12. The minimum Gasteiger partial charge on any atom is -0.463 e. The zero-order chi connectivity index (χ0) is 92.7. The van der Waals surface area contributed by atoms with Crippen LogP contribution in [0.5, 0.6) is 17.2 Å². The molecular formula is C88H82F6N4O30. The number of halogens is 6. The van der Waals surface area contributed by atoms with E-state index in [1.807, 2.05) is 0 Å². The lowest BCUT2D eigenvalue weighted by Gasteiger charge is -2.43. The van der Waals surface area contributed by atoms with E-state index in [0.29, 0.717) is 12.1 Å². The van der Waals surface area contributed by atoms with Crippen LogP contribution in [0.25, 0.3) is 90.9 Å². The molecule has 0 spiro atoms. The van der Waals surface area contributed by atoms with Crippen LogP contribution in [0.3, 0.4) is 0 Å². The molecule has 5 aliphatic heterocycles. The summed E-state index contributed by atoms with van der Waals surface area (Å²) >= 11 is 0. The van der Waals surface area contributed by atoms with Crippen LogP contribution in [0.4, 0.5) is 26.3 Å². The van der Waals surface area contributed by atoms with Gasteiger partial charge in [0, 0.05) is 127 Å². The van der Waals surface area contributed by atoms with Gasteiger partial charge in [-0.2, -0.15) is 26.3 Å². The molecule has 7 aromatic rings. The molecule has 15 atom stereocenters. The fourth-order valence-corrected chi connectivity index (χ4v) is 14.9. The number of carbonyl (C=O) groups excluding carboxylic acids is 12. The molecule has 6 unspecified atom stereocenters. The van der Waals surface area contributed by atoms with Crippen LogP contribution in [0.2, 0.25) is 0 Å². The number of aromatic nitrogens is 4. The molecule has 12 rings (SSSR count). The molecule has 5 aliphatic rings. The lowest BCUT2D eigenvalue weighted by Crippen LogP contribution is -2.63. The van der Waals surface area contributed by atoms with Crippen molar-refractivity contribution in [3.8, 4) is 61.8 Å². The molecule has 4 aromatic carbocycles. The smallest absolute Gasteiger partial charge is 0.416 e. The molecule has 3 saturated heterocycles. The van der Waals surface area contributed by atoms with Crippen LogP contribution in [0, 0.1) is 0 Å². The predicted molar refractivity (Wildman–Crippen MR) is 428 cm³/mol. The Morgan fingerprint density at radius 2 is 0.531 bits per heavy atom. The van der Waals surface area contributed by atoms with Gasteiger partial charge in [0.1, 0.15) is 55.4 Å². The summed E-state index contributed by atoms with van der Waals surface area (Å²) in [7, 11) is 0. The molecule has 8 heterocycles. The quantitative estimate of drug-likeness (QED) is 0.0305. The van der Waals surface area contributed by atoms with Crippen molar-refractivity contribution in [2.45, 2.75) is 188 Å². The molecule has 0 radical (unpaired) electrons. The van der Waals surface area contributed by atoms with Gasteiger partial charge in [0.15, 0.2) is 36.6 Å². The van der Waals surface area contributed by atoms with Crippen molar-refractivity contribution in [1.29, 1.82) is 0 Å². The van der Waals surface area contributed by atoms with Crippen LogP contribution in [-0.4, -0.2) is 204 Å². The van der Waals surface area contributed by atoms with Crippen molar-refractivity contribution in [3.63, 3.8) is 0 Å². The molecule has 2 N–H and O–H groups in total. The SMILES string of the molecule is CC(=O)OCC1O[C@H](Oc2cccc(-c3c4nc(c(-c5cccc(O[C@H]6OC(COC(C)=O)[C@@H](OC(C)=O)C(OC(C)=O)[C@H]6OC(C)=O)c5)c5ccc([nH]5)c(-c5cc(C(F)(F)F)cc(C(F)(F)F)c5)c5nc(c(-c6cccc(O[C@H]7OC(COC(C)=O)[C@@H](OC(C)=O)C(OC(C)=O)[C@H]7OC(C)=O)c6)c6ccc3[nH]6)C=C5)C=C4)c2)[C@H](OC(C)=O)C(OC(C)=O)[C@@H]1OC(C)=O. The first kappa shape index (κ1) is 93.1. The van der Waals surface area contributed by atoms with E-state index in [9.17, 15) is 57.5 Å². The Balaban J connectivity index is 1.13. The molecule has 0 saturated carbocycles. The van der Waals surface area contributed by atoms with Gasteiger partial charge in [0.05, 0.1) is 33.9 Å². The molecule has 3 fully saturated rings. The molecule has 34 nitrogen and oxygen atoms in total. The molecule has 40 heteroatoms. The van der Waals surface area contributed by atoms with Crippen LogP contribution in [0.15, 0.2) is 115 Å². The number of esters is 12. The summed E-state index contributed by atoms with van der Waals surface area (Å²) in [5.41, 5.74) is -3.40. The fourth-order valence-electron chi connectivity index (χ4n) is 14.9. The number of fused-ring (bicyclic) bond motifs is 8. The second-order valence-corrected chi connectivity index (χ2v) is 29.4. The third-order valence-corrected chi connectivity index (χ3v) is 19.6. The fraction of sp³-hybridized carbons (Fsp3) is 0.364. The Labute approximate surface area is 722 Å². The third kappa shape index (κ3) is 22.6. The second kappa shape index (κ2) is 39.3. The van der Waals surface area contributed by atoms with Gasteiger partial charge in [0.2, 0.25) is 37.2 Å². The van der Waals surface area contributed by atoms with Crippen molar-refractivity contribution in [3.05, 3.63) is 149 Å².